The Labute approximate surface area is 196 Å². The molecule has 0 amide bonds. The topological polar surface area (TPSA) is 29.5 Å². The van der Waals surface area contributed by atoms with E-state index in [1.54, 1.807) is 0 Å². The molecule has 0 saturated heterocycles. The molecule has 2 aromatic carbocycles. The summed E-state index contributed by atoms with van der Waals surface area (Å²) in [6.07, 6.45) is 13.6. The van der Waals surface area contributed by atoms with E-state index in [-0.39, 0.29) is 11.1 Å². The number of aliphatic hydroxyl groups is 1. The van der Waals surface area contributed by atoms with Crippen LogP contribution >= 0.6 is 0 Å². The van der Waals surface area contributed by atoms with Crippen molar-refractivity contribution in [2.75, 3.05) is 6.61 Å². The van der Waals surface area contributed by atoms with Crippen molar-refractivity contribution >= 4 is 18.7 Å². The summed E-state index contributed by atoms with van der Waals surface area (Å²) in [6.45, 7) is 7.87. The van der Waals surface area contributed by atoms with Gasteiger partial charge in [-0.1, -0.05) is 126 Å². The molecular formula is C29H42O2Si. The summed E-state index contributed by atoms with van der Waals surface area (Å²) in [5.41, 5.74) is 0. The first-order valence-corrected chi connectivity index (χ1v) is 14.5. The van der Waals surface area contributed by atoms with Crippen LogP contribution in [0.2, 0.25) is 5.04 Å². The minimum absolute atomic E-state index is 0.0535. The first-order chi connectivity index (χ1) is 15.4. The van der Waals surface area contributed by atoms with Crippen molar-refractivity contribution in [1.82, 2.24) is 0 Å². The van der Waals surface area contributed by atoms with Gasteiger partial charge in [0.1, 0.15) is 0 Å². The van der Waals surface area contributed by atoms with Crippen LogP contribution in [0.5, 0.6) is 0 Å². The number of allylic oxidation sites excluding steroid dienone is 1. The van der Waals surface area contributed by atoms with Gasteiger partial charge in [-0.25, -0.2) is 0 Å². The van der Waals surface area contributed by atoms with Crippen molar-refractivity contribution in [2.24, 2.45) is 5.92 Å². The normalized spacial score (nSPS) is 18.9. The Hall–Kier alpha value is -1.68. The fourth-order valence-corrected chi connectivity index (χ4v) is 9.78. The summed E-state index contributed by atoms with van der Waals surface area (Å²) in [4.78, 5) is 0. The van der Waals surface area contributed by atoms with Gasteiger partial charge in [-0.05, 0) is 40.6 Å². The lowest BCUT2D eigenvalue weighted by Gasteiger charge is -2.43. The SMILES string of the molecule is CC(C)(C)[Si](OCCCCCCCC[C@@H]1C=C[C@@H](O)C1)(c1ccccc1)c1ccccc1. The molecule has 0 aliphatic heterocycles. The average molecular weight is 451 g/mol. The molecule has 1 N–H and O–H groups in total. The monoisotopic (exact) mass is 450 g/mol. The Kier molecular flexibility index (Phi) is 9.33. The molecule has 0 heterocycles. The summed E-state index contributed by atoms with van der Waals surface area (Å²) >= 11 is 0. The molecule has 2 nitrogen and oxygen atoms in total. The van der Waals surface area contributed by atoms with E-state index in [9.17, 15) is 5.11 Å². The van der Waals surface area contributed by atoms with Gasteiger partial charge in [-0.15, -0.1) is 0 Å². The summed E-state index contributed by atoms with van der Waals surface area (Å²) in [5.74, 6) is 0.602. The molecule has 0 fully saturated rings. The minimum Gasteiger partial charge on any atom is -0.407 e. The number of aliphatic hydroxyl groups excluding tert-OH is 1. The molecule has 3 rings (SSSR count). The van der Waals surface area contributed by atoms with Crippen LogP contribution in [0, 0.1) is 5.92 Å². The number of rotatable bonds is 12. The van der Waals surface area contributed by atoms with Gasteiger partial charge >= 0.3 is 0 Å². The van der Waals surface area contributed by atoms with Gasteiger partial charge in [0.15, 0.2) is 0 Å². The maximum Gasteiger partial charge on any atom is 0.261 e. The lowest BCUT2D eigenvalue weighted by Crippen LogP contribution is -2.66. The van der Waals surface area contributed by atoms with Crippen molar-refractivity contribution in [3.05, 3.63) is 72.8 Å². The number of benzene rings is 2. The van der Waals surface area contributed by atoms with Gasteiger partial charge in [0.05, 0.1) is 6.10 Å². The maximum atomic E-state index is 9.58. The van der Waals surface area contributed by atoms with Crippen molar-refractivity contribution in [1.29, 1.82) is 0 Å². The Morgan fingerprint density at radius 3 is 1.81 bits per heavy atom. The molecule has 2 atom stereocenters. The fraction of sp³-hybridized carbons (Fsp3) is 0.517. The molecule has 0 unspecified atom stereocenters. The van der Waals surface area contributed by atoms with Crippen LogP contribution in [0.15, 0.2) is 72.8 Å². The van der Waals surface area contributed by atoms with Gasteiger partial charge < -0.3 is 9.53 Å². The second-order valence-electron chi connectivity index (χ2n) is 10.4. The van der Waals surface area contributed by atoms with Crippen LogP contribution in [0.1, 0.15) is 72.1 Å². The van der Waals surface area contributed by atoms with Crippen molar-refractivity contribution in [3.8, 4) is 0 Å². The van der Waals surface area contributed by atoms with Crippen molar-refractivity contribution < 1.29 is 9.53 Å². The van der Waals surface area contributed by atoms with E-state index >= 15 is 0 Å². The Bertz CT molecular complexity index is 771. The highest BCUT2D eigenvalue weighted by atomic mass is 28.4. The largest absolute Gasteiger partial charge is 0.407 e. The van der Waals surface area contributed by atoms with Gasteiger partial charge in [0, 0.05) is 6.61 Å². The molecule has 1 aliphatic rings. The molecule has 1 aliphatic carbocycles. The second kappa shape index (κ2) is 12.0. The highest BCUT2D eigenvalue weighted by molar-refractivity contribution is 6.99. The summed E-state index contributed by atoms with van der Waals surface area (Å²) in [6, 6.07) is 21.9. The second-order valence-corrected chi connectivity index (χ2v) is 14.7. The molecule has 3 heteroatoms. The first kappa shape index (κ1) is 24.9. The standard InChI is InChI=1S/C29H42O2Si/c1-29(2,3)32(27-17-11-8-12-18-27,28-19-13-9-14-20-28)31-23-15-7-5-4-6-10-16-25-21-22-26(30)24-25/h8-9,11-14,17-22,25-26,30H,4-7,10,15-16,23-24H2,1-3H3/t25-,26-/m1/s1. The highest BCUT2D eigenvalue weighted by Gasteiger charge is 2.49. The number of hydrogen-bond donors (Lipinski definition) is 1. The van der Waals surface area contributed by atoms with E-state index in [1.807, 2.05) is 6.08 Å². The quantitative estimate of drug-likeness (QED) is 0.236. The number of hydrogen-bond acceptors (Lipinski definition) is 2. The van der Waals surface area contributed by atoms with E-state index in [1.165, 1.54) is 48.9 Å². The Morgan fingerprint density at radius 2 is 1.31 bits per heavy atom. The van der Waals surface area contributed by atoms with Crippen LogP contribution in [-0.4, -0.2) is 26.1 Å². The Morgan fingerprint density at radius 1 is 0.781 bits per heavy atom. The lowest BCUT2D eigenvalue weighted by atomic mass is 9.99. The predicted octanol–water partition coefficient (Wildman–Crippen LogP) is 6.23. The molecular weight excluding hydrogens is 408 g/mol. The Balaban J connectivity index is 1.50. The van der Waals surface area contributed by atoms with E-state index in [0.29, 0.717) is 5.92 Å². The number of unbranched alkanes of at least 4 members (excludes halogenated alkanes) is 5. The smallest absolute Gasteiger partial charge is 0.261 e. The van der Waals surface area contributed by atoms with E-state index in [0.717, 1.165) is 19.4 Å². The average Bonchev–Trinajstić information content (AvgIpc) is 3.20. The summed E-state index contributed by atoms with van der Waals surface area (Å²) < 4.78 is 6.98. The third kappa shape index (κ3) is 6.43. The molecule has 0 radical (unpaired) electrons. The first-order valence-electron chi connectivity index (χ1n) is 12.5. The fourth-order valence-electron chi connectivity index (χ4n) is 5.17. The zero-order valence-corrected chi connectivity index (χ0v) is 21.3. The highest BCUT2D eigenvalue weighted by Crippen LogP contribution is 2.36. The lowest BCUT2D eigenvalue weighted by molar-refractivity contribution is 0.207. The molecule has 0 spiro atoms. The van der Waals surface area contributed by atoms with Crippen LogP contribution in [0.3, 0.4) is 0 Å². The van der Waals surface area contributed by atoms with Gasteiger partial charge in [-0.2, -0.15) is 0 Å². The molecule has 0 saturated carbocycles. The molecule has 0 aromatic heterocycles. The van der Waals surface area contributed by atoms with Crippen molar-refractivity contribution in [2.45, 2.75) is 83.3 Å². The van der Waals surface area contributed by atoms with Crippen LogP contribution in [-0.2, 0) is 4.43 Å². The van der Waals surface area contributed by atoms with Crippen LogP contribution < -0.4 is 10.4 Å². The minimum atomic E-state index is -2.38. The van der Waals surface area contributed by atoms with Gasteiger partial charge in [0.2, 0.25) is 0 Å². The van der Waals surface area contributed by atoms with E-state index in [2.05, 4.69) is 87.5 Å². The third-order valence-electron chi connectivity index (χ3n) is 6.85. The molecule has 32 heavy (non-hydrogen) atoms. The summed E-state index contributed by atoms with van der Waals surface area (Å²) in [7, 11) is -2.38. The van der Waals surface area contributed by atoms with Gasteiger partial charge in [0.25, 0.3) is 8.32 Å². The third-order valence-corrected chi connectivity index (χ3v) is 11.9. The summed E-state index contributed by atoms with van der Waals surface area (Å²) in [5, 5.41) is 12.4. The zero-order chi connectivity index (χ0) is 22.9. The molecule has 0 bridgehead atoms. The van der Waals surface area contributed by atoms with Crippen molar-refractivity contribution in [3.63, 3.8) is 0 Å². The predicted molar refractivity (Wildman–Crippen MR) is 139 cm³/mol. The van der Waals surface area contributed by atoms with Gasteiger partial charge in [-0.3, -0.25) is 0 Å². The van der Waals surface area contributed by atoms with Crippen LogP contribution in [0.25, 0.3) is 0 Å². The molecule has 174 valence electrons. The maximum absolute atomic E-state index is 9.58. The van der Waals surface area contributed by atoms with Crippen LogP contribution in [0.4, 0.5) is 0 Å². The van der Waals surface area contributed by atoms with E-state index in [4.69, 9.17) is 4.43 Å². The van der Waals surface area contributed by atoms with E-state index < -0.39 is 8.32 Å². The zero-order valence-electron chi connectivity index (χ0n) is 20.3. The molecule has 2 aromatic rings.